The number of piperazine rings is 1. The minimum absolute atomic E-state index is 0.0488. The lowest BCUT2D eigenvalue weighted by Crippen LogP contribution is -3.15. The second-order valence-corrected chi connectivity index (χ2v) is 7.12. The molecule has 3 N–H and O–H groups in total. The molecule has 3 rings (SSSR count). The number of nitrogens with zero attached hydrogens (tertiary/aromatic N) is 2. The van der Waals surface area contributed by atoms with E-state index in [4.69, 9.17) is 14.6 Å². The number of ether oxygens (including phenoxy) is 2. The standard InChI is InChI=1S/C21H28N4O5/c1-29-18-3-5-19(6-4-18)30-15-8-22-20-16-17(2-7-21(20)25(27)28)24-11-9-23(10-12-24)13-14-26/h2-7,16,22,26H,8-15H2,1H3/p+1. The highest BCUT2D eigenvalue weighted by Gasteiger charge is 2.22. The maximum atomic E-state index is 11.4. The van der Waals surface area contributed by atoms with Crippen LogP contribution in [-0.4, -0.2) is 69.6 Å². The fourth-order valence-electron chi connectivity index (χ4n) is 3.54. The monoisotopic (exact) mass is 417 g/mol. The Morgan fingerprint density at radius 3 is 2.50 bits per heavy atom. The maximum Gasteiger partial charge on any atom is 0.292 e. The second-order valence-electron chi connectivity index (χ2n) is 7.12. The number of hydrogen-bond acceptors (Lipinski definition) is 7. The summed E-state index contributed by atoms with van der Waals surface area (Å²) in [4.78, 5) is 14.7. The van der Waals surface area contributed by atoms with Gasteiger partial charge in [-0.05, 0) is 36.4 Å². The van der Waals surface area contributed by atoms with Crippen molar-refractivity contribution in [2.24, 2.45) is 0 Å². The lowest BCUT2D eigenvalue weighted by atomic mass is 10.2. The van der Waals surface area contributed by atoms with Crippen molar-refractivity contribution in [3.05, 3.63) is 52.6 Å². The minimum atomic E-state index is -0.375. The Hall–Kier alpha value is -3.04. The van der Waals surface area contributed by atoms with Crippen LogP contribution in [0.25, 0.3) is 0 Å². The van der Waals surface area contributed by atoms with Crippen molar-refractivity contribution in [1.29, 1.82) is 0 Å². The molecule has 0 atom stereocenters. The van der Waals surface area contributed by atoms with Crippen molar-refractivity contribution < 1.29 is 24.4 Å². The third kappa shape index (κ3) is 5.74. The van der Waals surface area contributed by atoms with Gasteiger partial charge >= 0.3 is 0 Å². The molecule has 162 valence electrons. The number of aliphatic hydroxyl groups is 1. The number of anilines is 2. The van der Waals surface area contributed by atoms with Gasteiger partial charge in [0.05, 0.1) is 44.8 Å². The Morgan fingerprint density at radius 1 is 1.17 bits per heavy atom. The molecule has 0 unspecified atom stereocenters. The number of methoxy groups -OCH3 is 1. The molecule has 1 saturated heterocycles. The first-order chi connectivity index (χ1) is 14.6. The summed E-state index contributed by atoms with van der Waals surface area (Å²) in [6.45, 7) is 5.35. The topological polar surface area (TPSA) is 102 Å². The SMILES string of the molecule is COc1ccc(OCCNc2cc(N3CC[NH+](CCO)CC3)ccc2[N+](=O)[O-])cc1. The van der Waals surface area contributed by atoms with E-state index < -0.39 is 0 Å². The molecule has 30 heavy (non-hydrogen) atoms. The van der Waals surface area contributed by atoms with Gasteiger partial charge in [-0.25, -0.2) is 0 Å². The Morgan fingerprint density at radius 2 is 1.87 bits per heavy atom. The fraction of sp³-hybridized carbons (Fsp3) is 0.429. The molecule has 0 spiro atoms. The summed E-state index contributed by atoms with van der Waals surface area (Å²) in [7, 11) is 1.61. The molecule has 0 aliphatic carbocycles. The number of nitro groups is 1. The van der Waals surface area contributed by atoms with E-state index in [0.717, 1.165) is 44.2 Å². The normalized spacial score (nSPS) is 14.4. The van der Waals surface area contributed by atoms with Gasteiger partial charge in [0.25, 0.3) is 5.69 Å². The first-order valence-electron chi connectivity index (χ1n) is 10.1. The summed E-state index contributed by atoms with van der Waals surface area (Å²) in [5.74, 6) is 1.47. The second kappa shape index (κ2) is 10.7. The molecule has 0 aromatic heterocycles. The molecule has 2 aromatic carbocycles. The summed E-state index contributed by atoms with van der Waals surface area (Å²) in [6.07, 6.45) is 0. The number of benzene rings is 2. The molecule has 9 nitrogen and oxygen atoms in total. The van der Waals surface area contributed by atoms with E-state index >= 15 is 0 Å². The van der Waals surface area contributed by atoms with E-state index in [9.17, 15) is 10.1 Å². The maximum absolute atomic E-state index is 11.4. The molecule has 9 heteroatoms. The molecule has 0 saturated carbocycles. The molecular weight excluding hydrogens is 388 g/mol. The van der Waals surface area contributed by atoms with Gasteiger partial charge in [0.1, 0.15) is 30.3 Å². The van der Waals surface area contributed by atoms with Crippen molar-refractivity contribution in [2.75, 3.05) is 69.8 Å². The molecule has 0 bridgehead atoms. The van der Waals surface area contributed by atoms with Crippen LogP contribution in [0, 0.1) is 10.1 Å². The van der Waals surface area contributed by atoms with E-state index in [-0.39, 0.29) is 17.2 Å². The van der Waals surface area contributed by atoms with E-state index in [1.807, 2.05) is 30.3 Å². The highest BCUT2D eigenvalue weighted by molar-refractivity contribution is 5.69. The van der Waals surface area contributed by atoms with Gasteiger partial charge < -0.3 is 29.7 Å². The van der Waals surface area contributed by atoms with Crippen LogP contribution in [0.4, 0.5) is 17.1 Å². The molecule has 0 amide bonds. The molecule has 1 fully saturated rings. The number of nitro benzene ring substituents is 1. The third-order valence-electron chi connectivity index (χ3n) is 5.22. The zero-order valence-electron chi connectivity index (χ0n) is 17.2. The van der Waals surface area contributed by atoms with Gasteiger partial charge in [0.2, 0.25) is 0 Å². The van der Waals surface area contributed by atoms with Gasteiger partial charge in [-0.15, -0.1) is 0 Å². The summed E-state index contributed by atoms with van der Waals surface area (Å²) >= 11 is 0. The largest absolute Gasteiger partial charge is 0.497 e. The van der Waals surface area contributed by atoms with Gasteiger partial charge in [-0.3, -0.25) is 10.1 Å². The van der Waals surface area contributed by atoms with Gasteiger partial charge in [0, 0.05) is 18.3 Å². The first kappa shape index (κ1) is 21.7. The Bertz CT molecular complexity index is 823. The summed E-state index contributed by atoms with van der Waals surface area (Å²) < 4.78 is 10.8. The third-order valence-corrected chi connectivity index (χ3v) is 5.22. The van der Waals surface area contributed by atoms with E-state index in [1.165, 1.54) is 4.90 Å². The summed E-state index contributed by atoms with van der Waals surface area (Å²) in [5, 5.41) is 23.7. The van der Waals surface area contributed by atoms with Crippen LogP contribution >= 0.6 is 0 Å². The summed E-state index contributed by atoms with van der Waals surface area (Å²) in [6, 6.07) is 12.5. The molecule has 1 heterocycles. The van der Waals surface area contributed by atoms with E-state index in [0.29, 0.717) is 24.6 Å². The fourth-order valence-corrected chi connectivity index (χ4v) is 3.54. The summed E-state index contributed by atoms with van der Waals surface area (Å²) in [5.41, 5.74) is 1.50. The highest BCUT2D eigenvalue weighted by atomic mass is 16.6. The Kier molecular flexibility index (Phi) is 7.69. The number of rotatable bonds is 10. The van der Waals surface area contributed by atoms with E-state index in [2.05, 4.69) is 10.2 Å². The number of hydrogen-bond donors (Lipinski definition) is 3. The quantitative estimate of drug-likeness (QED) is 0.298. The van der Waals surface area contributed by atoms with E-state index in [1.54, 1.807) is 19.2 Å². The number of nitrogens with one attached hydrogen (secondary N) is 2. The van der Waals surface area contributed by atoms with Crippen LogP contribution in [-0.2, 0) is 0 Å². The number of aliphatic hydroxyl groups excluding tert-OH is 1. The Labute approximate surface area is 176 Å². The molecular formula is C21H29N4O5+. The highest BCUT2D eigenvalue weighted by Crippen LogP contribution is 2.29. The van der Waals surface area contributed by atoms with Gasteiger partial charge in [0.15, 0.2) is 0 Å². The zero-order valence-corrected chi connectivity index (χ0v) is 17.2. The van der Waals surface area contributed by atoms with Crippen LogP contribution < -0.4 is 24.6 Å². The van der Waals surface area contributed by atoms with Crippen LogP contribution in [0.15, 0.2) is 42.5 Å². The molecule has 0 radical (unpaired) electrons. The average molecular weight is 417 g/mol. The zero-order chi connectivity index (χ0) is 21.3. The van der Waals surface area contributed by atoms with Crippen molar-refractivity contribution in [3.8, 4) is 11.5 Å². The molecule has 2 aromatic rings. The average Bonchev–Trinajstić information content (AvgIpc) is 2.77. The lowest BCUT2D eigenvalue weighted by Gasteiger charge is -2.33. The van der Waals surface area contributed by atoms with Crippen molar-refractivity contribution in [2.45, 2.75) is 0 Å². The van der Waals surface area contributed by atoms with Crippen LogP contribution in [0.3, 0.4) is 0 Å². The van der Waals surface area contributed by atoms with Crippen molar-refractivity contribution >= 4 is 17.1 Å². The minimum Gasteiger partial charge on any atom is -0.497 e. The lowest BCUT2D eigenvalue weighted by molar-refractivity contribution is -0.900. The number of quaternary nitrogens is 1. The van der Waals surface area contributed by atoms with Gasteiger partial charge in [-0.1, -0.05) is 0 Å². The van der Waals surface area contributed by atoms with Crippen molar-refractivity contribution in [3.63, 3.8) is 0 Å². The van der Waals surface area contributed by atoms with Crippen LogP contribution in [0.2, 0.25) is 0 Å². The predicted octanol–water partition coefficient (Wildman–Crippen LogP) is 0.792. The van der Waals surface area contributed by atoms with Crippen molar-refractivity contribution in [1.82, 2.24) is 0 Å². The predicted molar refractivity (Wildman–Crippen MR) is 115 cm³/mol. The first-order valence-corrected chi connectivity index (χ1v) is 10.1. The molecule has 1 aliphatic heterocycles. The van der Waals surface area contributed by atoms with Crippen LogP contribution in [0.1, 0.15) is 0 Å². The Balaban J connectivity index is 1.58. The van der Waals surface area contributed by atoms with Gasteiger partial charge in [-0.2, -0.15) is 0 Å². The molecule has 1 aliphatic rings. The smallest absolute Gasteiger partial charge is 0.292 e. The van der Waals surface area contributed by atoms with Crippen LogP contribution in [0.5, 0.6) is 11.5 Å².